The second-order valence-electron chi connectivity index (χ2n) is 5.97. The van der Waals surface area contributed by atoms with Crippen LogP contribution >= 0.6 is 0 Å². The van der Waals surface area contributed by atoms with E-state index in [2.05, 4.69) is 45.7 Å². The molecule has 3 aromatic rings. The lowest BCUT2D eigenvalue weighted by Gasteiger charge is -2.12. The number of aryl methyl sites for hydroxylation is 1. The predicted molar refractivity (Wildman–Crippen MR) is 101 cm³/mol. The van der Waals surface area contributed by atoms with Crippen molar-refractivity contribution in [1.29, 1.82) is 0 Å². The number of hydrogen-bond acceptors (Lipinski definition) is 1. The van der Waals surface area contributed by atoms with E-state index in [1.165, 1.54) is 22.7 Å². The van der Waals surface area contributed by atoms with E-state index in [0.29, 0.717) is 18.1 Å². The van der Waals surface area contributed by atoms with Crippen LogP contribution < -0.4 is 10.6 Å². The van der Waals surface area contributed by atoms with Crippen LogP contribution in [-0.4, -0.2) is 24.5 Å². The molecule has 3 N–H and O–H groups in total. The van der Waals surface area contributed by atoms with Crippen LogP contribution in [0.3, 0.4) is 0 Å². The van der Waals surface area contributed by atoms with Crippen molar-refractivity contribution in [3.8, 4) is 0 Å². The van der Waals surface area contributed by atoms with Gasteiger partial charge >= 0.3 is 0 Å². The summed E-state index contributed by atoms with van der Waals surface area (Å²) in [5.74, 6) is 0.459. The van der Waals surface area contributed by atoms with Crippen molar-refractivity contribution >= 4 is 16.9 Å². The first kappa shape index (κ1) is 17.0. The van der Waals surface area contributed by atoms with E-state index in [0.717, 1.165) is 18.5 Å². The Bertz CT molecular complexity index is 882. The van der Waals surface area contributed by atoms with E-state index < -0.39 is 0 Å². The van der Waals surface area contributed by atoms with Crippen molar-refractivity contribution in [3.05, 3.63) is 71.2 Å². The monoisotopic (exact) mass is 338 g/mol. The highest BCUT2D eigenvalue weighted by Gasteiger charge is 2.08. The predicted octanol–water partition coefficient (Wildman–Crippen LogP) is 3.52. The average molecular weight is 338 g/mol. The number of benzene rings is 2. The van der Waals surface area contributed by atoms with E-state index >= 15 is 0 Å². The molecule has 0 aliphatic heterocycles. The van der Waals surface area contributed by atoms with Crippen LogP contribution in [0, 0.1) is 12.7 Å². The molecule has 0 atom stereocenters. The second-order valence-corrected chi connectivity index (χ2v) is 5.97. The molecule has 0 saturated carbocycles. The van der Waals surface area contributed by atoms with Gasteiger partial charge in [-0.3, -0.25) is 4.99 Å². The molecule has 0 aliphatic carbocycles. The summed E-state index contributed by atoms with van der Waals surface area (Å²) in [4.78, 5) is 7.62. The standard InChI is InChI=1S/C20H23FN4/c1-14-16(17-8-4-6-10-19(17)25-14)11-12-23-20(22-2)24-13-15-7-3-5-9-18(15)21/h3-10,25H,11-13H2,1-2H3,(H2,22,23,24). The number of H-pyrrole nitrogens is 1. The topological polar surface area (TPSA) is 52.2 Å². The van der Waals surface area contributed by atoms with Gasteiger partial charge in [0, 0.05) is 42.3 Å². The third-order valence-electron chi connectivity index (χ3n) is 4.32. The number of fused-ring (bicyclic) bond motifs is 1. The number of aliphatic imine (C=N–C) groups is 1. The summed E-state index contributed by atoms with van der Waals surface area (Å²) in [6.45, 7) is 3.25. The maximum atomic E-state index is 13.7. The molecule has 4 nitrogen and oxygen atoms in total. The summed E-state index contributed by atoms with van der Waals surface area (Å²) in [5, 5.41) is 7.70. The zero-order chi connectivity index (χ0) is 17.6. The van der Waals surface area contributed by atoms with Gasteiger partial charge in [-0.1, -0.05) is 36.4 Å². The van der Waals surface area contributed by atoms with Crippen LogP contribution in [0.15, 0.2) is 53.5 Å². The van der Waals surface area contributed by atoms with Gasteiger partial charge in [0.25, 0.3) is 0 Å². The smallest absolute Gasteiger partial charge is 0.191 e. The molecule has 0 spiro atoms. The molecule has 2 aromatic carbocycles. The Morgan fingerprint density at radius 3 is 2.64 bits per heavy atom. The molecule has 0 aliphatic rings. The number of hydrogen-bond donors (Lipinski definition) is 3. The first-order valence-electron chi connectivity index (χ1n) is 8.43. The van der Waals surface area contributed by atoms with E-state index in [1.54, 1.807) is 19.2 Å². The van der Waals surface area contributed by atoms with Crippen molar-refractivity contribution in [2.24, 2.45) is 4.99 Å². The molecule has 130 valence electrons. The highest BCUT2D eigenvalue weighted by molar-refractivity contribution is 5.84. The lowest BCUT2D eigenvalue weighted by molar-refractivity contribution is 0.604. The summed E-state index contributed by atoms with van der Waals surface area (Å²) in [6.07, 6.45) is 0.885. The summed E-state index contributed by atoms with van der Waals surface area (Å²) in [5.41, 5.74) is 4.29. The lowest BCUT2D eigenvalue weighted by Crippen LogP contribution is -2.38. The molecule has 0 fully saturated rings. The zero-order valence-corrected chi connectivity index (χ0v) is 14.6. The second kappa shape index (κ2) is 7.83. The fraction of sp³-hybridized carbons (Fsp3) is 0.250. The minimum Gasteiger partial charge on any atom is -0.358 e. The van der Waals surface area contributed by atoms with Crippen LogP contribution in [-0.2, 0) is 13.0 Å². The van der Waals surface area contributed by atoms with Gasteiger partial charge in [0.1, 0.15) is 5.82 Å². The molecular weight excluding hydrogens is 315 g/mol. The highest BCUT2D eigenvalue weighted by atomic mass is 19.1. The summed E-state index contributed by atoms with van der Waals surface area (Å²) < 4.78 is 13.7. The molecule has 0 radical (unpaired) electrons. The zero-order valence-electron chi connectivity index (χ0n) is 14.6. The number of nitrogens with one attached hydrogen (secondary N) is 3. The number of rotatable bonds is 5. The highest BCUT2D eigenvalue weighted by Crippen LogP contribution is 2.21. The van der Waals surface area contributed by atoms with Gasteiger partial charge in [0.05, 0.1) is 0 Å². The van der Waals surface area contributed by atoms with Crippen LogP contribution in [0.1, 0.15) is 16.8 Å². The van der Waals surface area contributed by atoms with Crippen molar-refractivity contribution in [3.63, 3.8) is 0 Å². The van der Waals surface area contributed by atoms with Crippen molar-refractivity contribution in [2.45, 2.75) is 19.9 Å². The molecule has 1 aromatic heterocycles. The van der Waals surface area contributed by atoms with Gasteiger partial charge in [0.2, 0.25) is 0 Å². The SMILES string of the molecule is CN=C(NCCc1c(C)[nH]c2ccccc12)NCc1ccccc1F. The van der Waals surface area contributed by atoms with E-state index in [1.807, 2.05) is 12.1 Å². The quantitative estimate of drug-likeness (QED) is 0.492. The number of para-hydroxylation sites is 1. The van der Waals surface area contributed by atoms with Crippen molar-refractivity contribution in [2.75, 3.05) is 13.6 Å². The number of halogens is 1. The molecule has 1 heterocycles. The lowest BCUT2D eigenvalue weighted by atomic mass is 10.1. The van der Waals surface area contributed by atoms with Crippen LogP contribution in [0.5, 0.6) is 0 Å². The van der Waals surface area contributed by atoms with Crippen molar-refractivity contribution < 1.29 is 4.39 Å². The van der Waals surface area contributed by atoms with Gasteiger partial charge in [-0.05, 0) is 31.0 Å². The van der Waals surface area contributed by atoms with Crippen LogP contribution in [0.4, 0.5) is 4.39 Å². The van der Waals surface area contributed by atoms with Gasteiger partial charge < -0.3 is 15.6 Å². The van der Waals surface area contributed by atoms with Crippen molar-refractivity contribution in [1.82, 2.24) is 15.6 Å². The minimum atomic E-state index is -0.208. The average Bonchev–Trinajstić information content (AvgIpc) is 2.94. The summed E-state index contributed by atoms with van der Waals surface area (Å²) in [6, 6.07) is 15.1. The Labute approximate surface area is 147 Å². The molecule has 3 rings (SSSR count). The fourth-order valence-electron chi connectivity index (χ4n) is 3.00. The Kier molecular flexibility index (Phi) is 5.33. The van der Waals surface area contributed by atoms with Gasteiger partial charge in [-0.25, -0.2) is 4.39 Å². The summed E-state index contributed by atoms with van der Waals surface area (Å²) in [7, 11) is 1.72. The third-order valence-corrected chi connectivity index (χ3v) is 4.32. The van der Waals surface area contributed by atoms with E-state index in [4.69, 9.17) is 0 Å². The molecule has 0 unspecified atom stereocenters. The first-order valence-corrected chi connectivity index (χ1v) is 8.43. The Balaban J connectivity index is 1.56. The number of aromatic amines is 1. The largest absolute Gasteiger partial charge is 0.358 e. The molecule has 25 heavy (non-hydrogen) atoms. The Morgan fingerprint density at radius 2 is 1.84 bits per heavy atom. The number of aromatic nitrogens is 1. The minimum absolute atomic E-state index is 0.208. The Hall–Kier alpha value is -2.82. The van der Waals surface area contributed by atoms with Gasteiger partial charge in [0.15, 0.2) is 5.96 Å². The number of nitrogens with zero attached hydrogens (tertiary/aromatic N) is 1. The first-order chi connectivity index (χ1) is 12.2. The molecule has 5 heteroatoms. The Morgan fingerprint density at radius 1 is 1.08 bits per heavy atom. The number of guanidine groups is 1. The maximum absolute atomic E-state index is 13.7. The van der Waals surface area contributed by atoms with Gasteiger partial charge in [-0.15, -0.1) is 0 Å². The van der Waals surface area contributed by atoms with E-state index in [-0.39, 0.29) is 5.82 Å². The molecular formula is C20H23FN4. The maximum Gasteiger partial charge on any atom is 0.191 e. The summed E-state index contributed by atoms with van der Waals surface area (Å²) >= 11 is 0. The van der Waals surface area contributed by atoms with E-state index in [9.17, 15) is 4.39 Å². The van der Waals surface area contributed by atoms with Gasteiger partial charge in [-0.2, -0.15) is 0 Å². The molecule has 0 saturated heterocycles. The van der Waals surface area contributed by atoms with Crippen LogP contribution in [0.25, 0.3) is 10.9 Å². The molecule has 0 bridgehead atoms. The third kappa shape index (κ3) is 3.99. The van der Waals surface area contributed by atoms with Crippen LogP contribution in [0.2, 0.25) is 0 Å². The fourth-order valence-corrected chi connectivity index (χ4v) is 3.00. The molecule has 0 amide bonds. The normalized spacial score (nSPS) is 11.7.